The van der Waals surface area contributed by atoms with Gasteiger partial charge in [0.1, 0.15) is 6.04 Å². The van der Waals surface area contributed by atoms with Gasteiger partial charge in [0.2, 0.25) is 5.91 Å². The van der Waals surface area contributed by atoms with E-state index in [1.165, 1.54) is 4.90 Å². The first kappa shape index (κ1) is 16.4. The van der Waals surface area contributed by atoms with E-state index in [4.69, 9.17) is 0 Å². The number of carboxylic acid groups (broad SMARTS) is 2. The largest absolute Gasteiger partial charge is 0.481 e. The van der Waals surface area contributed by atoms with Crippen LogP contribution in [-0.4, -0.2) is 44.8 Å². The minimum Gasteiger partial charge on any atom is -0.481 e. The molecule has 2 rings (SSSR count). The molecule has 6 nitrogen and oxygen atoms in total. The third-order valence-corrected chi connectivity index (χ3v) is 4.07. The van der Waals surface area contributed by atoms with Gasteiger partial charge in [-0.3, -0.25) is 9.59 Å². The Balaban J connectivity index is 2.47. The number of benzene rings is 1. The third-order valence-electron chi connectivity index (χ3n) is 3.85. The maximum atomic E-state index is 12.3. The molecule has 3 atom stereocenters. The fourth-order valence-electron chi connectivity index (χ4n) is 2.92. The predicted octanol–water partition coefficient (Wildman–Crippen LogP) is 1.43. The molecule has 0 spiro atoms. The van der Waals surface area contributed by atoms with E-state index >= 15 is 0 Å². The van der Waals surface area contributed by atoms with Crippen LogP contribution in [0.15, 0.2) is 30.3 Å². The summed E-state index contributed by atoms with van der Waals surface area (Å²) in [6, 6.07) is 6.79. The Morgan fingerprint density at radius 1 is 1.14 bits per heavy atom. The van der Waals surface area contributed by atoms with Gasteiger partial charge in [0, 0.05) is 6.42 Å². The van der Waals surface area contributed by atoms with Crippen LogP contribution in [0, 0.1) is 5.92 Å². The number of rotatable bonds is 5. The summed E-state index contributed by atoms with van der Waals surface area (Å²) >= 11 is 4.00. The van der Waals surface area contributed by atoms with Crippen molar-refractivity contribution in [1.82, 2.24) is 4.90 Å². The molecule has 0 radical (unpaired) electrons. The van der Waals surface area contributed by atoms with E-state index in [-0.39, 0.29) is 24.5 Å². The van der Waals surface area contributed by atoms with Crippen LogP contribution in [0.3, 0.4) is 0 Å². The Hall–Kier alpha value is -2.02. The Morgan fingerprint density at radius 3 is 2.27 bits per heavy atom. The second-order valence-electron chi connectivity index (χ2n) is 5.16. The molecule has 1 aromatic carbocycles. The summed E-state index contributed by atoms with van der Waals surface area (Å²) in [5.41, 5.74) is 0.631. The summed E-state index contributed by atoms with van der Waals surface area (Å²) in [6.45, 7) is 0. The van der Waals surface area contributed by atoms with E-state index in [0.717, 1.165) is 0 Å². The number of hydrogen-bond donors (Lipinski definition) is 3. The van der Waals surface area contributed by atoms with E-state index in [9.17, 15) is 24.6 Å². The van der Waals surface area contributed by atoms with Crippen molar-refractivity contribution in [3.8, 4) is 0 Å². The number of hydrogen-bond acceptors (Lipinski definition) is 4. The van der Waals surface area contributed by atoms with Crippen molar-refractivity contribution >= 4 is 30.5 Å². The van der Waals surface area contributed by atoms with Gasteiger partial charge >= 0.3 is 11.9 Å². The highest BCUT2D eigenvalue weighted by atomic mass is 32.1. The van der Waals surface area contributed by atoms with Gasteiger partial charge in [0.25, 0.3) is 0 Å². The Morgan fingerprint density at radius 2 is 1.77 bits per heavy atom. The van der Waals surface area contributed by atoms with Crippen molar-refractivity contribution in [3.63, 3.8) is 0 Å². The lowest BCUT2D eigenvalue weighted by molar-refractivity contribution is -0.150. The van der Waals surface area contributed by atoms with Crippen LogP contribution in [0.2, 0.25) is 0 Å². The number of amides is 1. The predicted molar refractivity (Wildman–Crippen MR) is 81.7 cm³/mol. The SMILES string of the molecule is O=C(O)C1CC(C(=O)O)N(C(=O)CCS)C1c1ccccc1. The molecular formula is C15H17NO5S. The van der Waals surface area contributed by atoms with Crippen molar-refractivity contribution < 1.29 is 24.6 Å². The zero-order valence-corrected chi connectivity index (χ0v) is 12.6. The zero-order valence-electron chi connectivity index (χ0n) is 11.8. The van der Waals surface area contributed by atoms with Gasteiger partial charge in [-0.05, 0) is 17.7 Å². The highest BCUT2D eigenvalue weighted by Crippen LogP contribution is 2.41. The first-order valence-electron chi connectivity index (χ1n) is 6.90. The number of carboxylic acids is 2. The lowest BCUT2D eigenvalue weighted by Gasteiger charge is -2.29. The molecule has 0 aromatic heterocycles. The van der Waals surface area contributed by atoms with E-state index in [2.05, 4.69) is 12.6 Å². The first-order valence-corrected chi connectivity index (χ1v) is 7.53. The van der Waals surface area contributed by atoms with Crippen molar-refractivity contribution in [2.45, 2.75) is 24.9 Å². The Bertz CT molecular complexity index is 577. The topological polar surface area (TPSA) is 94.9 Å². The lowest BCUT2D eigenvalue weighted by Crippen LogP contribution is -2.42. The summed E-state index contributed by atoms with van der Waals surface area (Å²) in [5.74, 6) is -3.33. The molecule has 1 fully saturated rings. The van der Waals surface area contributed by atoms with Crippen LogP contribution in [0.4, 0.5) is 0 Å². The van der Waals surface area contributed by atoms with Crippen LogP contribution in [0.25, 0.3) is 0 Å². The van der Waals surface area contributed by atoms with Gasteiger partial charge in [-0.25, -0.2) is 4.79 Å². The maximum Gasteiger partial charge on any atom is 0.326 e. The number of carbonyl (C=O) groups excluding carboxylic acids is 1. The normalized spacial score (nSPS) is 24.2. The van der Waals surface area contributed by atoms with Crippen LogP contribution in [0.1, 0.15) is 24.4 Å². The van der Waals surface area contributed by atoms with Crippen molar-refractivity contribution in [2.75, 3.05) is 5.75 Å². The smallest absolute Gasteiger partial charge is 0.326 e. The fraction of sp³-hybridized carbons (Fsp3) is 0.400. The molecule has 1 aliphatic rings. The summed E-state index contributed by atoms with van der Waals surface area (Å²) in [7, 11) is 0. The Labute approximate surface area is 133 Å². The average Bonchev–Trinajstić information content (AvgIpc) is 2.89. The summed E-state index contributed by atoms with van der Waals surface area (Å²) in [4.78, 5) is 36.5. The number of nitrogens with zero attached hydrogens (tertiary/aromatic N) is 1. The van der Waals surface area contributed by atoms with Crippen molar-refractivity contribution in [2.24, 2.45) is 5.92 Å². The highest BCUT2D eigenvalue weighted by Gasteiger charge is 2.50. The maximum absolute atomic E-state index is 12.3. The molecule has 1 amide bonds. The molecule has 7 heteroatoms. The molecule has 1 aromatic rings. The lowest BCUT2D eigenvalue weighted by atomic mass is 9.93. The molecule has 3 unspecified atom stereocenters. The second-order valence-corrected chi connectivity index (χ2v) is 5.61. The van der Waals surface area contributed by atoms with Crippen molar-refractivity contribution in [3.05, 3.63) is 35.9 Å². The molecular weight excluding hydrogens is 306 g/mol. The van der Waals surface area contributed by atoms with Crippen LogP contribution < -0.4 is 0 Å². The molecule has 1 aliphatic heterocycles. The third kappa shape index (κ3) is 3.09. The average molecular weight is 323 g/mol. The highest BCUT2D eigenvalue weighted by molar-refractivity contribution is 7.80. The number of carbonyl (C=O) groups is 3. The minimum absolute atomic E-state index is 0.0720. The molecule has 22 heavy (non-hydrogen) atoms. The van der Waals surface area contributed by atoms with Gasteiger partial charge in [-0.15, -0.1) is 0 Å². The molecule has 2 N–H and O–H groups in total. The fourth-order valence-corrected chi connectivity index (χ4v) is 3.11. The number of thiol groups is 1. The number of aliphatic carboxylic acids is 2. The van der Waals surface area contributed by atoms with Gasteiger partial charge in [0.05, 0.1) is 12.0 Å². The first-order chi connectivity index (χ1) is 10.5. The Kier molecular flexibility index (Phi) is 5.07. The van der Waals surface area contributed by atoms with Gasteiger partial charge in [-0.2, -0.15) is 12.6 Å². The molecule has 1 heterocycles. The van der Waals surface area contributed by atoms with E-state index in [1.54, 1.807) is 30.3 Å². The van der Waals surface area contributed by atoms with E-state index < -0.39 is 29.9 Å². The monoisotopic (exact) mass is 323 g/mol. The second kappa shape index (κ2) is 6.83. The van der Waals surface area contributed by atoms with E-state index in [0.29, 0.717) is 5.56 Å². The van der Waals surface area contributed by atoms with Crippen LogP contribution in [-0.2, 0) is 14.4 Å². The molecule has 0 bridgehead atoms. The molecule has 118 valence electrons. The summed E-state index contributed by atoms with van der Waals surface area (Å²) < 4.78 is 0. The number of likely N-dealkylation sites (tertiary alicyclic amines) is 1. The standard InChI is InChI=1S/C15H17NO5S/c17-12(6-7-22)16-11(15(20)21)8-10(14(18)19)13(16)9-4-2-1-3-5-9/h1-5,10-11,13,22H,6-8H2,(H,18,19)(H,20,21). The van der Waals surface area contributed by atoms with Crippen molar-refractivity contribution in [1.29, 1.82) is 0 Å². The zero-order chi connectivity index (χ0) is 16.3. The quantitative estimate of drug-likeness (QED) is 0.713. The van der Waals surface area contributed by atoms with Gasteiger partial charge < -0.3 is 15.1 Å². The summed E-state index contributed by atoms with van der Waals surface area (Å²) in [6.07, 6.45) is -0.0227. The molecule has 1 saturated heterocycles. The summed E-state index contributed by atoms with van der Waals surface area (Å²) in [5, 5.41) is 18.8. The van der Waals surface area contributed by atoms with Crippen LogP contribution in [0.5, 0.6) is 0 Å². The van der Waals surface area contributed by atoms with E-state index in [1.807, 2.05) is 0 Å². The van der Waals surface area contributed by atoms with Gasteiger partial charge in [-0.1, -0.05) is 30.3 Å². The van der Waals surface area contributed by atoms with Gasteiger partial charge in [0.15, 0.2) is 0 Å². The molecule has 0 saturated carbocycles. The molecule has 0 aliphatic carbocycles. The minimum atomic E-state index is -1.18. The van der Waals surface area contributed by atoms with Crippen LogP contribution >= 0.6 is 12.6 Å².